The Hall–Kier alpha value is -2.61. The highest BCUT2D eigenvalue weighted by Crippen LogP contribution is 2.21. The highest BCUT2D eigenvalue weighted by atomic mass is 16.5. The van der Waals surface area contributed by atoms with Crippen molar-refractivity contribution in [3.8, 4) is 17.2 Å². The number of benzene rings is 1. The van der Waals surface area contributed by atoms with Crippen molar-refractivity contribution in [2.75, 3.05) is 47.4 Å². The van der Waals surface area contributed by atoms with Crippen LogP contribution in [0.5, 0.6) is 5.75 Å². The number of aromatic nitrogens is 2. The molecule has 2 heterocycles. The van der Waals surface area contributed by atoms with Crippen LogP contribution >= 0.6 is 0 Å². The van der Waals surface area contributed by atoms with Gasteiger partial charge in [-0.25, -0.2) is 4.79 Å². The summed E-state index contributed by atoms with van der Waals surface area (Å²) in [5.74, 6) is 1.94. The first kappa shape index (κ1) is 17.2. The molecule has 134 valence electrons. The second-order valence-electron chi connectivity index (χ2n) is 6.18. The summed E-state index contributed by atoms with van der Waals surface area (Å²) in [7, 11) is 5.18. The van der Waals surface area contributed by atoms with Crippen molar-refractivity contribution in [3.63, 3.8) is 0 Å². The normalized spacial score (nSPS) is 15.2. The smallest absolute Gasteiger partial charge is 0.319 e. The molecule has 0 saturated carbocycles. The van der Waals surface area contributed by atoms with Crippen molar-refractivity contribution in [1.82, 2.24) is 24.8 Å². The summed E-state index contributed by atoms with van der Waals surface area (Å²) >= 11 is 0. The molecule has 0 bridgehead atoms. The van der Waals surface area contributed by atoms with Gasteiger partial charge in [-0.1, -0.05) is 5.16 Å². The highest BCUT2D eigenvalue weighted by Gasteiger charge is 2.23. The van der Waals surface area contributed by atoms with Crippen LogP contribution in [0.25, 0.3) is 11.5 Å². The molecule has 0 aliphatic carbocycles. The molecule has 1 aliphatic rings. The van der Waals surface area contributed by atoms with Crippen molar-refractivity contribution < 1.29 is 14.1 Å². The van der Waals surface area contributed by atoms with E-state index in [9.17, 15) is 4.79 Å². The zero-order valence-corrected chi connectivity index (χ0v) is 14.8. The average Bonchev–Trinajstić information content (AvgIpc) is 3.10. The fraction of sp³-hybridized carbons (Fsp3) is 0.471. The Morgan fingerprint density at radius 1 is 1.20 bits per heavy atom. The van der Waals surface area contributed by atoms with Crippen LogP contribution in [-0.4, -0.2) is 78.3 Å². The van der Waals surface area contributed by atoms with Crippen LogP contribution in [0.1, 0.15) is 5.82 Å². The van der Waals surface area contributed by atoms with Gasteiger partial charge < -0.3 is 19.1 Å². The molecule has 2 aromatic rings. The van der Waals surface area contributed by atoms with Crippen LogP contribution in [0.3, 0.4) is 0 Å². The maximum atomic E-state index is 12.0. The summed E-state index contributed by atoms with van der Waals surface area (Å²) < 4.78 is 10.5. The summed E-state index contributed by atoms with van der Waals surface area (Å²) in [4.78, 5) is 22.1. The van der Waals surface area contributed by atoms with E-state index in [1.807, 2.05) is 29.2 Å². The van der Waals surface area contributed by atoms with E-state index in [0.29, 0.717) is 31.3 Å². The van der Waals surface area contributed by atoms with E-state index >= 15 is 0 Å². The molecule has 0 unspecified atom stereocenters. The van der Waals surface area contributed by atoms with E-state index in [1.54, 1.807) is 26.1 Å². The number of carbonyl (C=O) groups excluding carboxylic acids is 1. The molecule has 3 rings (SSSR count). The number of urea groups is 1. The molecule has 0 spiro atoms. The lowest BCUT2D eigenvalue weighted by atomic mass is 10.2. The number of ether oxygens (including phenoxy) is 1. The lowest BCUT2D eigenvalue weighted by molar-refractivity contribution is 0.118. The molecular weight excluding hydrogens is 322 g/mol. The summed E-state index contributed by atoms with van der Waals surface area (Å²) in [6.45, 7) is 3.63. The number of amides is 2. The van der Waals surface area contributed by atoms with Crippen molar-refractivity contribution in [3.05, 3.63) is 30.1 Å². The first-order valence-electron chi connectivity index (χ1n) is 8.22. The van der Waals surface area contributed by atoms with Gasteiger partial charge in [-0.15, -0.1) is 0 Å². The van der Waals surface area contributed by atoms with E-state index in [4.69, 9.17) is 9.26 Å². The minimum absolute atomic E-state index is 0.0565. The third kappa shape index (κ3) is 4.08. The third-order valence-electron chi connectivity index (χ3n) is 4.20. The van der Waals surface area contributed by atoms with Crippen molar-refractivity contribution in [2.24, 2.45) is 0 Å². The molecule has 8 nitrogen and oxygen atoms in total. The second-order valence-corrected chi connectivity index (χ2v) is 6.18. The van der Waals surface area contributed by atoms with Gasteiger partial charge in [-0.05, 0) is 24.3 Å². The van der Waals surface area contributed by atoms with Crippen LogP contribution in [0.4, 0.5) is 4.79 Å². The second kappa shape index (κ2) is 7.52. The van der Waals surface area contributed by atoms with Crippen molar-refractivity contribution >= 4 is 6.03 Å². The van der Waals surface area contributed by atoms with Crippen LogP contribution < -0.4 is 4.74 Å². The Kier molecular flexibility index (Phi) is 5.18. The maximum absolute atomic E-state index is 12.0. The Balaban J connectivity index is 1.56. The van der Waals surface area contributed by atoms with E-state index in [-0.39, 0.29) is 6.03 Å². The average molecular weight is 345 g/mol. The number of carbonyl (C=O) groups is 1. The summed E-state index contributed by atoms with van der Waals surface area (Å²) in [5.41, 5.74) is 0.862. The Bertz CT molecular complexity index is 705. The highest BCUT2D eigenvalue weighted by molar-refractivity contribution is 5.73. The van der Waals surface area contributed by atoms with Crippen LogP contribution in [0.15, 0.2) is 28.8 Å². The van der Waals surface area contributed by atoms with Gasteiger partial charge in [0.05, 0.1) is 13.7 Å². The van der Waals surface area contributed by atoms with Gasteiger partial charge in [0.15, 0.2) is 5.82 Å². The summed E-state index contributed by atoms with van der Waals surface area (Å²) in [6, 6.07) is 7.56. The van der Waals surface area contributed by atoms with Crippen LogP contribution in [0.2, 0.25) is 0 Å². The Morgan fingerprint density at radius 2 is 1.88 bits per heavy atom. The number of nitrogens with zero attached hydrogens (tertiary/aromatic N) is 5. The molecule has 1 aromatic carbocycles. The molecular formula is C17H23N5O3. The van der Waals surface area contributed by atoms with E-state index in [0.717, 1.165) is 24.4 Å². The fourth-order valence-corrected chi connectivity index (χ4v) is 2.75. The molecule has 0 atom stereocenters. The quantitative estimate of drug-likeness (QED) is 0.837. The predicted molar refractivity (Wildman–Crippen MR) is 92.2 cm³/mol. The van der Waals surface area contributed by atoms with Gasteiger partial charge in [0.1, 0.15) is 5.75 Å². The molecule has 1 fully saturated rings. The summed E-state index contributed by atoms with van der Waals surface area (Å²) in [6.07, 6.45) is 0. The minimum Gasteiger partial charge on any atom is -0.497 e. The summed E-state index contributed by atoms with van der Waals surface area (Å²) in [5, 5.41) is 4.06. The maximum Gasteiger partial charge on any atom is 0.319 e. The zero-order chi connectivity index (χ0) is 17.8. The van der Waals surface area contributed by atoms with Crippen molar-refractivity contribution in [2.45, 2.75) is 6.54 Å². The van der Waals surface area contributed by atoms with E-state index in [1.165, 1.54) is 0 Å². The van der Waals surface area contributed by atoms with Gasteiger partial charge in [0.25, 0.3) is 5.89 Å². The molecule has 1 saturated heterocycles. The molecule has 1 aliphatic heterocycles. The zero-order valence-electron chi connectivity index (χ0n) is 14.8. The lowest BCUT2D eigenvalue weighted by Crippen LogP contribution is -2.51. The van der Waals surface area contributed by atoms with Gasteiger partial charge >= 0.3 is 6.03 Å². The van der Waals surface area contributed by atoms with Gasteiger partial charge in [0, 0.05) is 45.8 Å². The van der Waals surface area contributed by atoms with E-state index < -0.39 is 0 Å². The number of hydrogen-bond donors (Lipinski definition) is 0. The lowest BCUT2D eigenvalue weighted by Gasteiger charge is -2.35. The van der Waals surface area contributed by atoms with Gasteiger partial charge in [0.2, 0.25) is 0 Å². The topological polar surface area (TPSA) is 74.9 Å². The molecule has 0 radical (unpaired) electrons. The van der Waals surface area contributed by atoms with Crippen molar-refractivity contribution in [1.29, 1.82) is 0 Å². The monoisotopic (exact) mass is 345 g/mol. The molecule has 8 heteroatoms. The number of methoxy groups -OCH3 is 1. The fourth-order valence-electron chi connectivity index (χ4n) is 2.75. The molecule has 25 heavy (non-hydrogen) atoms. The van der Waals surface area contributed by atoms with Crippen LogP contribution in [0, 0.1) is 0 Å². The van der Waals surface area contributed by atoms with Crippen LogP contribution in [-0.2, 0) is 6.54 Å². The number of hydrogen-bond acceptors (Lipinski definition) is 6. The Morgan fingerprint density at radius 3 is 2.48 bits per heavy atom. The van der Waals surface area contributed by atoms with Gasteiger partial charge in [-0.2, -0.15) is 4.98 Å². The first-order chi connectivity index (χ1) is 12.1. The number of piperazine rings is 1. The minimum atomic E-state index is 0.0565. The molecule has 2 amide bonds. The first-order valence-corrected chi connectivity index (χ1v) is 8.22. The van der Waals surface area contributed by atoms with E-state index in [2.05, 4.69) is 15.0 Å². The molecule has 1 aromatic heterocycles. The SMILES string of the molecule is COc1ccc(-c2nc(CN3CCN(C(=O)N(C)C)CC3)no2)cc1. The number of rotatable bonds is 4. The van der Waals surface area contributed by atoms with Gasteiger partial charge in [-0.3, -0.25) is 4.90 Å². The third-order valence-corrected chi connectivity index (χ3v) is 4.20. The predicted octanol–water partition coefficient (Wildman–Crippen LogP) is 1.54. The standard InChI is InChI=1S/C17H23N5O3/c1-20(2)17(23)22-10-8-21(9-11-22)12-15-18-16(25-19-15)13-4-6-14(24-3)7-5-13/h4-7H,8-12H2,1-3H3. The Labute approximate surface area is 147 Å². The largest absolute Gasteiger partial charge is 0.497 e. The molecule has 0 N–H and O–H groups in total.